The lowest BCUT2D eigenvalue weighted by Crippen LogP contribution is -2.30. The molecule has 2 aromatic carbocycles. The van der Waals surface area contributed by atoms with Gasteiger partial charge in [-0.05, 0) is 31.3 Å². The van der Waals surface area contributed by atoms with Gasteiger partial charge in [-0.2, -0.15) is 0 Å². The number of carboxylic acid groups (broad SMARTS) is 2. The Kier molecular flexibility index (Phi) is 9.76. The lowest BCUT2D eigenvalue weighted by Gasteiger charge is -2.18. The molecule has 0 spiro atoms. The number of carbonyl (C=O) groups excluding carboxylic acids is 1. The molecule has 0 heterocycles. The first kappa shape index (κ1) is 24.1. The minimum Gasteiger partial charge on any atom is -0.496 e. The van der Waals surface area contributed by atoms with Crippen LogP contribution >= 0.6 is 15.9 Å². The Bertz CT molecular complexity index is 866. The topological polar surface area (TPSA) is 116 Å². The molecule has 1 amide bonds. The van der Waals surface area contributed by atoms with E-state index in [4.69, 9.17) is 24.5 Å². The van der Waals surface area contributed by atoms with Crippen LogP contribution in [0.15, 0.2) is 46.9 Å². The van der Waals surface area contributed by atoms with Crippen LogP contribution in [-0.4, -0.2) is 53.7 Å². The van der Waals surface area contributed by atoms with Crippen molar-refractivity contribution in [2.75, 3.05) is 26.0 Å². The maximum atomic E-state index is 13.7. The van der Waals surface area contributed by atoms with Gasteiger partial charge >= 0.3 is 11.9 Å². The summed E-state index contributed by atoms with van der Waals surface area (Å²) in [6.45, 7) is 0.702. The van der Waals surface area contributed by atoms with Crippen molar-refractivity contribution in [3.05, 3.63) is 58.3 Å². The van der Waals surface area contributed by atoms with Crippen LogP contribution in [0.4, 0.5) is 10.1 Å². The number of carbonyl (C=O) groups is 3. The molecule has 3 N–H and O–H groups in total. The van der Waals surface area contributed by atoms with Crippen LogP contribution in [0, 0.1) is 5.82 Å². The molecule has 0 aromatic heterocycles. The SMILES string of the molecule is COc1ccccc1CN(C)CC(=O)Nc1ccc(Br)cc1F.O=C(O)C(=O)O. The van der Waals surface area contributed by atoms with Crippen LogP contribution in [0.5, 0.6) is 5.75 Å². The number of nitrogens with zero attached hydrogens (tertiary/aromatic N) is 1. The highest BCUT2D eigenvalue weighted by Crippen LogP contribution is 2.20. The van der Waals surface area contributed by atoms with Gasteiger partial charge in [-0.15, -0.1) is 0 Å². The number of benzene rings is 2. The highest BCUT2D eigenvalue weighted by Gasteiger charge is 2.12. The third-order valence-corrected chi connectivity index (χ3v) is 3.93. The molecule has 156 valence electrons. The lowest BCUT2D eigenvalue weighted by atomic mass is 10.2. The van der Waals surface area contributed by atoms with E-state index in [-0.39, 0.29) is 18.1 Å². The number of halogens is 2. The molecule has 0 atom stereocenters. The number of amides is 1. The molecule has 2 aromatic rings. The van der Waals surface area contributed by atoms with E-state index in [0.717, 1.165) is 11.3 Å². The summed E-state index contributed by atoms with van der Waals surface area (Å²) in [5, 5.41) is 17.4. The third kappa shape index (κ3) is 8.71. The van der Waals surface area contributed by atoms with E-state index in [1.165, 1.54) is 12.1 Å². The van der Waals surface area contributed by atoms with E-state index in [9.17, 15) is 9.18 Å². The van der Waals surface area contributed by atoms with Gasteiger partial charge in [0.2, 0.25) is 5.91 Å². The van der Waals surface area contributed by atoms with Crippen LogP contribution in [0.3, 0.4) is 0 Å². The van der Waals surface area contributed by atoms with Crippen molar-refractivity contribution in [3.63, 3.8) is 0 Å². The van der Waals surface area contributed by atoms with E-state index in [0.29, 0.717) is 11.0 Å². The van der Waals surface area contributed by atoms with E-state index in [1.807, 2.05) is 36.2 Å². The number of likely N-dealkylation sites (N-methyl/N-ethyl adjacent to an activating group) is 1. The summed E-state index contributed by atoms with van der Waals surface area (Å²) < 4.78 is 19.6. The molecule has 0 radical (unpaired) electrons. The molecule has 0 fully saturated rings. The second-order valence-electron chi connectivity index (χ2n) is 5.77. The van der Waals surface area contributed by atoms with Crippen molar-refractivity contribution in [2.24, 2.45) is 0 Å². The summed E-state index contributed by atoms with van der Waals surface area (Å²) in [6.07, 6.45) is 0. The fourth-order valence-corrected chi connectivity index (χ4v) is 2.54. The predicted molar refractivity (Wildman–Crippen MR) is 107 cm³/mol. The summed E-state index contributed by atoms with van der Waals surface area (Å²) >= 11 is 3.18. The monoisotopic (exact) mass is 470 g/mol. The zero-order chi connectivity index (χ0) is 22.0. The van der Waals surface area contributed by atoms with Gasteiger partial charge in [-0.3, -0.25) is 9.69 Å². The molecule has 0 aliphatic carbocycles. The highest BCUT2D eigenvalue weighted by molar-refractivity contribution is 9.10. The van der Waals surface area contributed by atoms with Crippen LogP contribution in [0.25, 0.3) is 0 Å². The van der Waals surface area contributed by atoms with Crippen LogP contribution in [0.1, 0.15) is 5.56 Å². The van der Waals surface area contributed by atoms with Gasteiger partial charge < -0.3 is 20.3 Å². The fourth-order valence-electron chi connectivity index (χ4n) is 2.21. The van der Waals surface area contributed by atoms with Crippen LogP contribution < -0.4 is 10.1 Å². The molecule has 0 aliphatic heterocycles. The molecule has 0 aliphatic rings. The zero-order valence-electron chi connectivity index (χ0n) is 15.7. The quantitative estimate of drug-likeness (QED) is 0.555. The number of rotatable bonds is 6. The van der Waals surface area contributed by atoms with Crippen molar-refractivity contribution in [3.8, 4) is 5.75 Å². The molecule has 0 saturated heterocycles. The van der Waals surface area contributed by atoms with E-state index in [2.05, 4.69) is 21.2 Å². The van der Waals surface area contributed by atoms with Crippen molar-refractivity contribution in [1.29, 1.82) is 0 Å². The predicted octanol–water partition coefficient (Wildman–Crippen LogP) is 2.82. The standard InChI is InChI=1S/C17H18BrFN2O2.C2H2O4/c1-21(10-12-5-3-4-6-16(12)23-2)11-17(22)20-15-8-7-13(18)9-14(15)19;3-1(4)2(5)6/h3-9H,10-11H2,1-2H3,(H,20,22);(H,3,4)(H,5,6). The zero-order valence-corrected chi connectivity index (χ0v) is 17.3. The lowest BCUT2D eigenvalue weighted by molar-refractivity contribution is -0.159. The van der Waals surface area contributed by atoms with E-state index in [1.54, 1.807) is 13.2 Å². The number of aliphatic carboxylic acids is 2. The van der Waals surface area contributed by atoms with Crippen LogP contribution in [-0.2, 0) is 20.9 Å². The molecular formula is C19H20BrFN2O6. The summed E-state index contributed by atoms with van der Waals surface area (Å²) in [6, 6.07) is 12.2. The molecule has 0 bridgehead atoms. The minimum atomic E-state index is -1.82. The number of hydrogen-bond donors (Lipinski definition) is 3. The summed E-state index contributed by atoms with van der Waals surface area (Å²) in [5.41, 5.74) is 1.16. The third-order valence-electron chi connectivity index (χ3n) is 3.43. The average molecular weight is 471 g/mol. The van der Waals surface area contributed by atoms with Gasteiger partial charge in [0.15, 0.2) is 0 Å². The van der Waals surface area contributed by atoms with Crippen molar-refractivity contribution < 1.29 is 33.7 Å². The Balaban J connectivity index is 0.000000612. The van der Waals surface area contributed by atoms with E-state index < -0.39 is 17.8 Å². The number of para-hydroxylation sites is 1. The van der Waals surface area contributed by atoms with Gasteiger partial charge in [0, 0.05) is 16.6 Å². The minimum absolute atomic E-state index is 0.146. The summed E-state index contributed by atoms with van der Waals surface area (Å²) in [4.78, 5) is 32.1. The normalized spacial score (nSPS) is 9.97. The molecule has 0 unspecified atom stereocenters. The largest absolute Gasteiger partial charge is 0.496 e. The number of anilines is 1. The average Bonchev–Trinajstić information content (AvgIpc) is 2.64. The molecular weight excluding hydrogens is 451 g/mol. The first-order chi connectivity index (χ1) is 13.6. The van der Waals surface area contributed by atoms with Crippen molar-refractivity contribution in [2.45, 2.75) is 6.54 Å². The van der Waals surface area contributed by atoms with Crippen LogP contribution in [0.2, 0.25) is 0 Å². The number of hydrogen-bond acceptors (Lipinski definition) is 5. The maximum absolute atomic E-state index is 13.7. The van der Waals surface area contributed by atoms with Gasteiger partial charge in [-0.1, -0.05) is 34.1 Å². The van der Waals surface area contributed by atoms with Gasteiger partial charge in [0.05, 0.1) is 19.3 Å². The maximum Gasteiger partial charge on any atom is 0.414 e. The van der Waals surface area contributed by atoms with Crippen molar-refractivity contribution in [1.82, 2.24) is 4.90 Å². The second kappa shape index (κ2) is 11.8. The Labute approximate surface area is 175 Å². The molecule has 2 rings (SSSR count). The Morgan fingerprint density at radius 2 is 1.76 bits per heavy atom. The van der Waals surface area contributed by atoms with Gasteiger partial charge in [-0.25, -0.2) is 14.0 Å². The van der Waals surface area contributed by atoms with E-state index >= 15 is 0 Å². The number of nitrogens with one attached hydrogen (secondary N) is 1. The summed E-state index contributed by atoms with van der Waals surface area (Å²) in [5.74, 6) is -3.62. The fraction of sp³-hybridized carbons (Fsp3) is 0.211. The number of methoxy groups -OCH3 is 1. The summed E-state index contributed by atoms with van der Waals surface area (Å²) in [7, 11) is 3.44. The highest BCUT2D eigenvalue weighted by atomic mass is 79.9. The Morgan fingerprint density at radius 1 is 1.14 bits per heavy atom. The molecule has 0 saturated carbocycles. The molecule has 8 nitrogen and oxygen atoms in total. The van der Waals surface area contributed by atoms with Crippen molar-refractivity contribution >= 4 is 39.5 Å². The first-order valence-corrected chi connectivity index (χ1v) is 8.95. The second-order valence-corrected chi connectivity index (χ2v) is 6.68. The Hall–Kier alpha value is -2.98. The smallest absolute Gasteiger partial charge is 0.414 e. The van der Waals surface area contributed by atoms with Gasteiger partial charge in [0.25, 0.3) is 0 Å². The van der Waals surface area contributed by atoms with Gasteiger partial charge in [0.1, 0.15) is 11.6 Å². The Morgan fingerprint density at radius 3 is 2.31 bits per heavy atom. The number of ether oxygens (including phenoxy) is 1. The molecule has 10 heteroatoms. The molecule has 29 heavy (non-hydrogen) atoms. The first-order valence-electron chi connectivity index (χ1n) is 8.15. The number of carboxylic acids is 2.